The quantitative estimate of drug-likeness (QED) is 0.184. The standard InChI is InChI=1S/C29H23N3O4S2/c1-16-12-21-22(13-17(16)2)36-26-23(25(21)33)24(19-10-7-11-20(14-19)35-3)32(27(26)34)28-30-31-29(38-28)37-15-18-8-5-4-6-9-18/h4-14,24H,15H2,1-3H3. The van der Waals surface area contributed by atoms with Gasteiger partial charge >= 0.3 is 0 Å². The first-order valence-corrected chi connectivity index (χ1v) is 13.8. The predicted molar refractivity (Wildman–Crippen MR) is 150 cm³/mol. The predicted octanol–water partition coefficient (Wildman–Crippen LogP) is 6.31. The van der Waals surface area contributed by atoms with Gasteiger partial charge in [0.2, 0.25) is 10.9 Å². The Hall–Kier alpha value is -3.95. The smallest absolute Gasteiger partial charge is 0.297 e. The number of methoxy groups -OCH3 is 1. The summed E-state index contributed by atoms with van der Waals surface area (Å²) in [6.07, 6.45) is 0. The maximum absolute atomic E-state index is 13.9. The number of nitrogens with zero attached hydrogens (tertiary/aromatic N) is 3. The van der Waals surface area contributed by atoms with Crippen LogP contribution in [0.4, 0.5) is 5.13 Å². The van der Waals surface area contributed by atoms with Gasteiger partial charge in [0.05, 0.1) is 24.1 Å². The van der Waals surface area contributed by atoms with E-state index < -0.39 is 11.9 Å². The van der Waals surface area contributed by atoms with Crippen molar-refractivity contribution in [3.05, 3.63) is 111 Å². The zero-order chi connectivity index (χ0) is 26.4. The van der Waals surface area contributed by atoms with Crippen LogP contribution in [-0.2, 0) is 5.75 Å². The molecule has 0 saturated carbocycles. The number of ether oxygens (including phenoxy) is 1. The fraction of sp³-hybridized carbons (Fsp3) is 0.172. The molecule has 0 spiro atoms. The van der Waals surface area contributed by atoms with E-state index in [1.54, 1.807) is 18.9 Å². The number of aromatic nitrogens is 2. The van der Waals surface area contributed by atoms with Crippen LogP contribution in [0.2, 0.25) is 0 Å². The maximum atomic E-state index is 13.9. The lowest BCUT2D eigenvalue weighted by Crippen LogP contribution is -2.29. The van der Waals surface area contributed by atoms with E-state index in [9.17, 15) is 9.59 Å². The Labute approximate surface area is 227 Å². The second kappa shape index (κ2) is 9.74. The van der Waals surface area contributed by atoms with E-state index in [1.165, 1.54) is 21.8 Å². The summed E-state index contributed by atoms with van der Waals surface area (Å²) in [7, 11) is 1.58. The van der Waals surface area contributed by atoms with Crippen molar-refractivity contribution in [1.29, 1.82) is 0 Å². The van der Waals surface area contributed by atoms with Gasteiger partial charge in [-0.05, 0) is 60.4 Å². The molecule has 2 aromatic heterocycles. The first-order chi connectivity index (χ1) is 18.4. The Morgan fingerprint density at radius 1 is 1.00 bits per heavy atom. The molecule has 0 saturated heterocycles. The van der Waals surface area contributed by atoms with Crippen LogP contribution in [0.5, 0.6) is 5.75 Å². The van der Waals surface area contributed by atoms with E-state index in [0.717, 1.165) is 26.8 Å². The molecule has 7 nitrogen and oxygen atoms in total. The van der Waals surface area contributed by atoms with Gasteiger partial charge in [-0.3, -0.25) is 14.5 Å². The van der Waals surface area contributed by atoms with Crippen molar-refractivity contribution in [3.63, 3.8) is 0 Å². The van der Waals surface area contributed by atoms with Gasteiger partial charge in [0.1, 0.15) is 11.3 Å². The molecule has 0 fully saturated rings. The average Bonchev–Trinajstić information content (AvgIpc) is 3.52. The fourth-order valence-electron chi connectivity index (χ4n) is 4.63. The minimum absolute atomic E-state index is 0.0345. The minimum Gasteiger partial charge on any atom is -0.497 e. The molecule has 0 aliphatic carbocycles. The fourth-order valence-corrected chi connectivity index (χ4v) is 6.45. The molecule has 190 valence electrons. The first kappa shape index (κ1) is 24.4. The highest BCUT2D eigenvalue weighted by Crippen LogP contribution is 2.44. The minimum atomic E-state index is -0.727. The van der Waals surface area contributed by atoms with Gasteiger partial charge < -0.3 is 9.15 Å². The molecule has 9 heteroatoms. The molecule has 1 atom stereocenters. The molecular formula is C29H23N3O4S2. The number of hydrogen-bond acceptors (Lipinski definition) is 8. The van der Waals surface area contributed by atoms with Crippen LogP contribution in [0.3, 0.4) is 0 Å². The van der Waals surface area contributed by atoms with E-state index in [2.05, 4.69) is 22.3 Å². The molecule has 0 N–H and O–H groups in total. The molecule has 3 aromatic carbocycles. The largest absolute Gasteiger partial charge is 0.497 e. The van der Waals surface area contributed by atoms with E-state index >= 15 is 0 Å². The van der Waals surface area contributed by atoms with Crippen molar-refractivity contribution >= 4 is 45.1 Å². The number of fused-ring (bicyclic) bond motifs is 2. The number of amides is 1. The first-order valence-electron chi connectivity index (χ1n) is 12.0. The van der Waals surface area contributed by atoms with Crippen molar-refractivity contribution in [2.45, 2.75) is 30.0 Å². The number of anilines is 1. The second-order valence-electron chi connectivity index (χ2n) is 9.09. The molecule has 38 heavy (non-hydrogen) atoms. The summed E-state index contributed by atoms with van der Waals surface area (Å²) in [5.74, 6) is 0.969. The number of hydrogen-bond donors (Lipinski definition) is 0. The number of carbonyl (C=O) groups excluding carboxylic acids is 1. The van der Waals surface area contributed by atoms with Crippen LogP contribution in [-0.4, -0.2) is 23.2 Å². The van der Waals surface area contributed by atoms with E-state index in [1.807, 2.05) is 68.4 Å². The molecule has 1 aliphatic heterocycles. The van der Waals surface area contributed by atoms with Gasteiger partial charge in [0.15, 0.2) is 9.77 Å². The number of benzene rings is 3. The van der Waals surface area contributed by atoms with Gasteiger partial charge in [-0.2, -0.15) is 0 Å². The van der Waals surface area contributed by atoms with Crippen molar-refractivity contribution < 1.29 is 13.9 Å². The van der Waals surface area contributed by atoms with Crippen molar-refractivity contribution in [2.75, 3.05) is 12.0 Å². The number of rotatable bonds is 6. The number of carbonyl (C=O) groups is 1. The third-order valence-electron chi connectivity index (χ3n) is 6.70. The van der Waals surface area contributed by atoms with E-state index in [0.29, 0.717) is 27.4 Å². The van der Waals surface area contributed by atoms with Crippen LogP contribution < -0.4 is 15.1 Å². The molecule has 5 aromatic rings. The molecule has 3 heterocycles. The summed E-state index contributed by atoms with van der Waals surface area (Å²) in [5.41, 5.74) is 4.32. The summed E-state index contributed by atoms with van der Waals surface area (Å²) < 4.78 is 12.3. The number of aryl methyl sites for hydroxylation is 2. The average molecular weight is 542 g/mol. The Balaban J connectivity index is 1.47. The van der Waals surface area contributed by atoms with Gasteiger partial charge in [-0.15, -0.1) is 10.2 Å². The highest BCUT2D eigenvalue weighted by molar-refractivity contribution is 8.00. The lowest BCUT2D eigenvalue weighted by Gasteiger charge is -2.22. The Morgan fingerprint density at radius 3 is 2.58 bits per heavy atom. The Kier molecular flexibility index (Phi) is 6.25. The van der Waals surface area contributed by atoms with E-state index in [-0.39, 0.29) is 11.2 Å². The van der Waals surface area contributed by atoms with Crippen LogP contribution >= 0.6 is 23.1 Å². The topological polar surface area (TPSA) is 85.5 Å². The maximum Gasteiger partial charge on any atom is 0.297 e. The summed E-state index contributed by atoms with van der Waals surface area (Å²) in [5, 5.41) is 9.56. The molecule has 1 aliphatic rings. The Bertz CT molecular complexity index is 1750. The zero-order valence-corrected chi connectivity index (χ0v) is 22.6. The van der Waals surface area contributed by atoms with Crippen molar-refractivity contribution in [1.82, 2.24) is 10.2 Å². The molecule has 6 rings (SSSR count). The molecule has 1 unspecified atom stereocenters. The number of thioether (sulfide) groups is 1. The third-order valence-corrected chi connectivity index (χ3v) is 8.83. The second-order valence-corrected chi connectivity index (χ2v) is 11.3. The van der Waals surface area contributed by atoms with Crippen molar-refractivity contribution in [2.24, 2.45) is 0 Å². The molecule has 0 bridgehead atoms. The van der Waals surface area contributed by atoms with Gasteiger partial charge in [-0.1, -0.05) is 65.6 Å². The lowest BCUT2D eigenvalue weighted by atomic mass is 9.97. The van der Waals surface area contributed by atoms with Gasteiger partial charge in [0.25, 0.3) is 5.91 Å². The van der Waals surface area contributed by atoms with Gasteiger partial charge in [-0.25, -0.2) is 0 Å². The summed E-state index contributed by atoms with van der Waals surface area (Å²) in [6, 6.07) is 20.4. The van der Waals surface area contributed by atoms with Gasteiger partial charge in [0, 0.05) is 5.75 Å². The van der Waals surface area contributed by atoms with Crippen LogP contribution in [0.15, 0.2) is 80.3 Å². The molecule has 1 amide bonds. The zero-order valence-electron chi connectivity index (χ0n) is 20.9. The van der Waals surface area contributed by atoms with E-state index in [4.69, 9.17) is 9.15 Å². The summed E-state index contributed by atoms with van der Waals surface area (Å²) >= 11 is 2.87. The lowest BCUT2D eigenvalue weighted by molar-refractivity contribution is 0.0970. The summed E-state index contributed by atoms with van der Waals surface area (Å²) in [6.45, 7) is 3.90. The van der Waals surface area contributed by atoms with Crippen LogP contribution in [0, 0.1) is 13.8 Å². The highest BCUT2D eigenvalue weighted by Gasteiger charge is 2.45. The SMILES string of the molecule is COc1cccc(C2c3c(oc4cc(C)c(C)cc4c3=O)C(=O)N2c2nnc(SCc3ccccc3)s2)c1. The normalized spacial score (nSPS) is 14.8. The summed E-state index contributed by atoms with van der Waals surface area (Å²) in [4.78, 5) is 29.3. The van der Waals surface area contributed by atoms with Crippen LogP contribution in [0.1, 0.15) is 44.4 Å². The third kappa shape index (κ3) is 4.17. The van der Waals surface area contributed by atoms with Crippen LogP contribution in [0.25, 0.3) is 11.0 Å². The Morgan fingerprint density at radius 2 is 1.79 bits per heavy atom. The monoisotopic (exact) mass is 541 g/mol. The van der Waals surface area contributed by atoms with Crippen molar-refractivity contribution in [3.8, 4) is 5.75 Å². The molecule has 0 radical (unpaired) electrons. The molecular weight excluding hydrogens is 518 g/mol. The highest BCUT2D eigenvalue weighted by atomic mass is 32.2.